The van der Waals surface area contributed by atoms with Crippen LogP contribution in [0, 0.1) is 0 Å². The molecule has 0 bridgehead atoms. The number of fused-ring (bicyclic) bond motifs is 2. The average Bonchev–Trinajstić information content (AvgIpc) is 1.50. The van der Waals surface area contributed by atoms with Gasteiger partial charge in [0.15, 0.2) is 47.3 Å². The molecule has 11 saturated heterocycles. The van der Waals surface area contributed by atoms with Gasteiger partial charge in [-0.15, -0.1) is 0 Å². The van der Waals surface area contributed by atoms with Crippen LogP contribution in [0.3, 0.4) is 0 Å². The summed E-state index contributed by atoms with van der Waals surface area (Å²) in [7, 11) is 0. The van der Waals surface area contributed by atoms with Crippen molar-refractivity contribution in [2.24, 2.45) is 0 Å². The van der Waals surface area contributed by atoms with Crippen molar-refractivity contribution >= 4 is 60.0 Å². The molecule has 13 aliphatic rings. The van der Waals surface area contributed by atoms with Gasteiger partial charge < -0.3 is 18.9 Å². The second-order valence-electron chi connectivity index (χ2n) is 26.5. The molecule has 0 radical (unpaired) electrons. The SMILES string of the molecule is CCCCCCCCSCCOc1ccc(OCCC)c2c1CN1C(=O)N3CN4C(=O)N5CN6C(=O)N7CN8C(=O)N9Cc%10c(OCCC)ccc(OCCC)c%10CN%10C(=O)N(CN%11C(=O)N(CN%12C(=O)N(CN%13C(=O)N(C2)[C@]1(C)[C@]%133C)[C@@H]4[C@H]%125)[C@@H]6[C@H]%117)C8(C)C%109C. The molecule has 2 aromatic rings. The fourth-order valence-electron chi connectivity index (χ4n) is 17.1. The summed E-state index contributed by atoms with van der Waals surface area (Å²) in [6.45, 7) is 15.4. The minimum Gasteiger partial charge on any atom is -0.493 e. The first-order valence-corrected chi connectivity index (χ1v) is 33.6. The predicted molar refractivity (Wildman–Crippen MR) is 322 cm³/mol. The van der Waals surface area contributed by atoms with E-state index in [4.69, 9.17) is 18.9 Å². The summed E-state index contributed by atoms with van der Waals surface area (Å²) >= 11 is 1.86. The third kappa shape index (κ3) is 7.42. The molecule has 0 saturated carbocycles. The fraction of sp³-hybridized carbons (Fsp3) is 0.672. The first-order valence-electron chi connectivity index (χ1n) is 32.4. The Kier molecular flexibility index (Phi) is 13.6. The maximum Gasteiger partial charge on any atom is 0.326 e. The zero-order valence-corrected chi connectivity index (χ0v) is 53.6. The maximum atomic E-state index is 15.7. The van der Waals surface area contributed by atoms with Crippen LogP contribution in [0.5, 0.6) is 23.0 Å². The lowest BCUT2D eigenvalue weighted by molar-refractivity contribution is -0.0871. The Hall–Kier alpha value is -7.85. The Morgan fingerprint density at radius 2 is 0.600 bits per heavy atom. The van der Waals surface area contributed by atoms with Crippen molar-refractivity contribution in [3.05, 3.63) is 46.5 Å². The molecule has 2 unspecified atom stereocenters. The van der Waals surface area contributed by atoms with Crippen LogP contribution >= 0.6 is 11.8 Å². The molecule has 2 aromatic carbocycles. The molecule has 15 rings (SSSR count). The van der Waals surface area contributed by atoms with E-state index >= 15 is 38.4 Å². The molecule has 11 fully saturated rings. The van der Waals surface area contributed by atoms with Crippen LogP contribution in [0.4, 0.5) is 38.4 Å². The summed E-state index contributed by atoms with van der Waals surface area (Å²) in [6.07, 6.45) is 5.20. The Morgan fingerprint density at radius 1 is 0.333 bits per heavy atom. The number of hydrogen-bond donors (Lipinski definition) is 0. The number of urea groups is 8. The highest BCUT2D eigenvalue weighted by Crippen LogP contribution is 2.59. The van der Waals surface area contributed by atoms with Crippen molar-refractivity contribution in [3.63, 3.8) is 0 Å². The zero-order valence-electron chi connectivity index (χ0n) is 52.8. The minimum absolute atomic E-state index is 0.0536. The van der Waals surface area contributed by atoms with E-state index in [1.807, 2.05) is 77.6 Å². The van der Waals surface area contributed by atoms with E-state index in [9.17, 15) is 0 Å². The van der Waals surface area contributed by atoms with Crippen molar-refractivity contribution in [2.45, 2.75) is 187 Å². The molecule has 13 heterocycles. The highest BCUT2D eigenvalue weighted by Gasteiger charge is 2.80. The molecule has 0 N–H and O–H groups in total. The molecule has 28 nitrogen and oxygen atoms in total. The van der Waals surface area contributed by atoms with Gasteiger partial charge in [0.2, 0.25) is 0 Å². The highest BCUT2D eigenvalue weighted by molar-refractivity contribution is 7.99. The van der Waals surface area contributed by atoms with Gasteiger partial charge in [-0.05, 0) is 83.4 Å². The van der Waals surface area contributed by atoms with Crippen molar-refractivity contribution in [1.82, 2.24) is 78.4 Å². The molecule has 29 heteroatoms. The van der Waals surface area contributed by atoms with E-state index < -0.39 is 109 Å². The fourth-order valence-corrected chi connectivity index (χ4v) is 17.9. The molecule has 16 amide bonds. The zero-order chi connectivity index (χ0) is 62.8. The summed E-state index contributed by atoms with van der Waals surface area (Å²) in [5, 5.41) is 0. The van der Waals surface area contributed by atoms with Gasteiger partial charge in [-0.1, -0.05) is 59.8 Å². The van der Waals surface area contributed by atoms with E-state index in [1.54, 1.807) is 46.1 Å². The van der Waals surface area contributed by atoms with E-state index in [0.717, 1.165) is 48.3 Å². The first kappa shape index (κ1) is 58.5. The van der Waals surface area contributed by atoms with Crippen LogP contribution in [0.15, 0.2) is 24.3 Å². The molecule has 0 aliphatic carbocycles. The third-order valence-electron chi connectivity index (χ3n) is 22.2. The standard InChI is InChI=1S/C61H82N16O12S/c1-9-13-14-15-16-17-26-90-27-25-89-45-21-20-44(88-24-12-4)40-30-72-56(84)76-36-68-49-47-64(52(68)80)32-62-46-48-66(50(62)78)34-74-54(82)70-28-38-39(43(87-23-11-3)19-18-42(38)86-22-10-2)29-71-55(83)75(60(74,7)58(70,71)5)35-67(48)51(79)63(46)33-65(47)53(81)69(49)37-77-57(85)73(31-41(40)45)59(72,6)61(76,77)8/h18-21,46-49H,9-17,22-37H2,1-8H3/t46-,47+,48+,49-,58?,59-,60?,61+/m0/s1. The third-order valence-corrected chi connectivity index (χ3v) is 23.2. The summed E-state index contributed by atoms with van der Waals surface area (Å²) in [5.41, 5.74) is -2.78. The van der Waals surface area contributed by atoms with Crippen LogP contribution in [-0.4, -0.2) is 252 Å². The van der Waals surface area contributed by atoms with E-state index in [-0.39, 0.29) is 52.9 Å². The molecular formula is C61H82N16O12S. The number of carbonyl (C=O) groups is 8. The number of benzene rings is 2. The second-order valence-corrected chi connectivity index (χ2v) is 27.7. The van der Waals surface area contributed by atoms with E-state index in [2.05, 4.69) is 6.92 Å². The molecule has 13 aliphatic heterocycles. The van der Waals surface area contributed by atoms with Gasteiger partial charge in [0.1, 0.15) is 63.0 Å². The number of unbranched alkanes of at least 4 members (excludes halogenated alkanes) is 5. The van der Waals surface area contributed by atoms with Crippen molar-refractivity contribution < 1.29 is 57.3 Å². The Morgan fingerprint density at radius 3 is 0.900 bits per heavy atom. The van der Waals surface area contributed by atoms with E-state index in [1.165, 1.54) is 71.3 Å². The molecular weight excluding hydrogens is 1180 g/mol. The van der Waals surface area contributed by atoms with Crippen LogP contribution < -0.4 is 18.9 Å². The summed E-state index contributed by atoms with van der Waals surface area (Å²) < 4.78 is 25.6. The number of nitrogens with zero attached hydrogens (tertiary/aromatic N) is 16. The lowest BCUT2D eigenvalue weighted by atomic mass is 9.95. The van der Waals surface area contributed by atoms with Gasteiger partial charge in [0.05, 0.1) is 52.6 Å². The average molecular weight is 1260 g/mol. The number of rotatable bonds is 20. The maximum absolute atomic E-state index is 15.7. The largest absolute Gasteiger partial charge is 0.493 e. The number of thioether (sulfide) groups is 1. The van der Waals surface area contributed by atoms with Gasteiger partial charge >= 0.3 is 48.2 Å². The number of amides is 16. The smallest absolute Gasteiger partial charge is 0.326 e. The van der Waals surface area contributed by atoms with Crippen LogP contribution in [0.1, 0.15) is 135 Å². The van der Waals surface area contributed by atoms with Crippen molar-refractivity contribution in [2.75, 3.05) is 77.9 Å². The molecule has 484 valence electrons. The molecule has 0 spiro atoms. The number of carbonyl (C=O) groups excluding carboxylic acids is 8. The lowest BCUT2D eigenvalue weighted by Gasteiger charge is -2.49. The van der Waals surface area contributed by atoms with E-state index in [0.29, 0.717) is 60.6 Å². The second kappa shape index (κ2) is 20.8. The quantitative estimate of drug-likeness (QED) is 0.121. The Bertz CT molecular complexity index is 3420. The van der Waals surface area contributed by atoms with Crippen LogP contribution in [0.25, 0.3) is 0 Å². The monoisotopic (exact) mass is 1260 g/mol. The van der Waals surface area contributed by atoms with Gasteiger partial charge in [-0.3, -0.25) is 78.4 Å². The normalized spacial score (nSPS) is 30.5. The number of ether oxygens (including phenoxy) is 4. The van der Waals surface area contributed by atoms with Gasteiger partial charge in [-0.2, -0.15) is 11.8 Å². The highest BCUT2D eigenvalue weighted by atomic mass is 32.2. The van der Waals surface area contributed by atoms with Crippen molar-refractivity contribution in [1.29, 1.82) is 0 Å². The van der Waals surface area contributed by atoms with Crippen molar-refractivity contribution in [3.8, 4) is 23.0 Å². The minimum atomic E-state index is -1.47. The first-order chi connectivity index (χ1) is 43.4. The molecule has 0 aromatic heterocycles. The summed E-state index contributed by atoms with van der Waals surface area (Å²) in [5.74, 6) is 4.15. The Balaban J connectivity index is 0.739. The topological polar surface area (TPSA) is 225 Å². The lowest BCUT2D eigenvalue weighted by Crippen LogP contribution is -2.69. The van der Waals surface area contributed by atoms with Crippen LogP contribution in [-0.2, 0) is 26.2 Å². The summed E-state index contributed by atoms with van der Waals surface area (Å²) in [6, 6.07) is 3.43. The van der Waals surface area contributed by atoms with Gasteiger partial charge in [0.25, 0.3) is 0 Å². The van der Waals surface area contributed by atoms with Gasteiger partial charge in [-0.25, -0.2) is 38.4 Å². The van der Waals surface area contributed by atoms with Crippen LogP contribution in [0.2, 0.25) is 0 Å². The molecule has 8 atom stereocenters. The summed E-state index contributed by atoms with van der Waals surface area (Å²) in [4.78, 5) is 149. The Labute approximate surface area is 527 Å². The number of hydrogen-bond acceptors (Lipinski definition) is 13. The predicted octanol–water partition coefficient (Wildman–Crippen LogP) is 7.11. The van der Waals surface area contributed by atoms with Gasteiger partial charge in [0, 0.05) is 28.0 Å². The molecule has 90 heavy (non-hydrogen) atoms.